The number of halogens is 2. The van der Waals surface area contributed by atoms with E-state index in [2.05, 4.69) is 69.7 Å². The normalized spacial score (nSPS) is 10.8. The maximum atomic E-state index is 5.72. The van der Waals surface area contributed by atoms with Gasteiger partial charge in [0, 0.05) is 6.54 Å². The molecule has 0 atom stereocenters. The van der Waals surface area contributed by atoms with Crippen molar-refractivity contribution < 1.29 is 4.74 Å². The molecule has 0 heterocycles. The van der Waals surface area contributed by atoms with E-state index in [0.717, 1.165) is 34.2 Å². The molecule has 0 aliphatic carbocycles. The van der Waals surface area contributed by atoms with Crippen LogP contribution in [0.3, 0.4) is 0 Å². The van der Waals surface area contributed by atoms with E-state index in [9.17, 15) is 0 Å². The molecule has 0 bridgehead atoms. The molecule has 1 aromatic rings. The van der Waals surface area contributed by atoms with Gasteiger partial charge in [0.15, 0.2) is 0 Å². The van der Waals surface area contributed by atoms with Crippen molar-refractivity contribution in [1.29, 1.82) is 0 Å². The lowest BCUT2D eigenvalue weighted by molar-refractivity contribution is 0.321. The number of hydrogen-bond acceptors (Lipinski definition) is 2. The van der Waals surface area contributed by atoms with E-state index >= 15 is 0 Å². The average molecular weight is 391 g/mol. The third kappa shape index (κ3) is 6.11. The summed E-state index contributed by atoms with van der Waals surface area (Å²) in [6.45, 7) is 10.6. The van der Waals surface area contributed by atoms with Gasteiger partial charge in [-0.15, -0.1) is 6.58 Å². The second-order valence-corrected chi connectivity index (χ2v) is 6.55. The van der Waals surface area contributed by atoms with Crippen LogP contribution in [0.5, 0.6) is 5.75 Å². The largest absolute Gasteiger partial charge is 0.491 e. The smallest absolute Gasteiger partial charge is 0.147 e. The molecule has 0 aromatic heterocycles. The van der Waals surface area contributed by atoms with Crippen molar-refractivity contribution in [2.24, 2.45) is 5.92 Å². The molecule has 1 N–H and O–H groups in total. The predicted molar refractivity (Wildman–Crippen MR) is 88.7 cm³/mol. The van der Waals surface area contributed by atoms with E-state index in [-0.39, 0.29) is 0 Å². The highest BCUT2D eigenvalue weighted by Crippen LogP contribution is 2.34. The monoisotopic (exact) mass is 389 g/mol. The average Bonchev–Trinajstić information content (AvgIpc) is 2.32. The Labute approximate surface area is 132 Å². The molecule has 1 aromatic carbocycles. The molecule has 0 aliphatic heterocycles. The van der Waals surface area contributed by atoms with Gasteiger partial charge in [-0.05, 0) is 68.4 Å². The summed E-state index contributed by atoms with van der Waals surface area (Å²) in [7, 11) is 0. The van der Waals surface area contributed by atoms with Crippen molar-refractivity contribution in [3.63, 3.8) is 0 Å². The summed E-state index contributed by atoms with van der Waals surface area (Å²) < 4.78 is 7.68. The lowest BCUT2D eigenvalue weighted by Crippen LogP contribution is -2.19. The van der Waals surface area contributed by atoms with E-state index in [1.165, 1.54) is 5.56 Å². The van der Waals surface area contributed by atoms with Gasteiger partial charge in [-0.25, -0.2) is 0 Å². The standard InChI is InChI=1S/C15H21Br2NO/c1-4-5-6-19-15-13(16)7-12(8-14(15)17)10-18-9-11(2)3/h4,7-8,11,18H,1,5-6,9-10H2,2-3H3. The first-order valence-corrected chi connectivity index (χ1v) is 8.05. The summed E-state index contributed by atoms with van der Waals surface area (Å²) in [5.74, 6) is 1.52. The lowest BCUT2D eigenvalue weighted by atomic mass is 10.2. The second kappa shape index (κ2) is 8.77. The topological polar surface area (TPSA) is 21.3 Å². The van der Waals surface area contributed by atoms with Gasteiger partial charge in [-0.3, -0.25) is 0 Å². The number of nitrogens with one attached hydrogen (secondary N) is 1. The molecule has 0 saturated heterocycles. The minimum absolute atomic E-state index is 0.644. The summed E-state index contributed by atoms with van der Waals surface area (Å²) in [4.78, 5) is 0. The summed E-state index contributed by atoms with van der Waals surface area (Å²) in [5, 5.41) is 3.43. The van der Waals surface area contributed by atoms with Crippen LogP contribution in [-0.2, 0) is 6.54 Å². The van der Waals surface area contributed by atoms with Crippen LogP contribution in [0.4, 0.5) is 0 Å². The summed E-state index contributed by atoms with van der Waals surface area (Å²) in [6, 6.07) is 4.20. The highest BCUT2D eigenvalue weighted by molar-refractivity contribution is 9.11. The van der Waals surface area contributed by atoms with Crippen molar-refractivity contribution in [2.45, 2.75) is 26.8 Å². The summed E-state index contributed by atoms with van der Waals surface area (Å²) in [5.41, 5.74) is 1.23. The molecule has 0 fully saturated rings. The van der Waals surface area contributed by atoms with Crippen LogP contribution in [0.2, 0.25) is 0 Å². The van der Waals surface area contributed by atoms with E-state index in [1.54, 1.807) is 0 Å². The maximum absolute atomic E-state index is 5.72. The predicted octanol–water partition coefficient (Wildman–Crippen LogP) is 4.91. The molecule has 19 heavy (non-hydrogen) atoms. The zero-order valence-corrected chi connectivity index (χ0v) is 14.7. The molecule has 0 unspecified atom stereocenters. The summed E-state index contributed by atoms with van der Waals surface area (Å²) >= 11 is 7.12. The van der Waals surface area contributed by atoms with E-state index in [1.807, 2.05) is 6.08 Å². The zero-order valence-electron chi connectivity index (χ0n) is 11.5. The Hall–Kier alpha value is -0.320. The first kappa shape index (κ1) is 16.7. The van der Waals surface area contributed by atoms with Crippen LogP contribution in [-0.4, -0.2) is 13.2 Å². The molecular formula is C15H21Br2NO. The lowest BCUT2D eigenvalue weighted by Gasteiger charge is -2.13. The van der Waals surface area contributed by atoms with Crippen molar-refractivity contribution in [2.75, 3.05) is 13.2 Å². The van der Waals surface area contributed by atoms with Gasteiger partial charge >= 0.3 is 0 Å². The molecule has 2 nitrogen and oxygen atoms in total. The summed E-state index contributed by atoms with van der Waals surface area (Å²) in [6.07, 6.45) is 2.70. The highest BCUT2D eigenvalue weighted by Gasteiger charge is 2.08. The fourth-order valence-corrected chi connectivity index (χ4v) is 3.11. The molecular weight excluding hydrogens is 370 g/mol. The Kier molecular flexibility index (Phi) is 7.73. The Bertz CT molecular complexity index is 396. The van der Waals surface area contributed by atoms with Crippen molar-refractivity contribution in [3.05, 3.63) is 39.3 Å². The van der Waals surface area contributed by atoms with Crippen LogP contribution in [0.15, 0.2) is 33.7 Å². The van der Waals surface area contributed by atoms with Crippen molar-refractivity contribution in [1.82, 2.24) is 5.32 Å². The Morgan fingerprint density at radius 3 is 2.47 bits per heavy atom. The van der Waals surface area contributed by atoms with Crippen LogP contribution < -0.4 is 10.1 Å². The number of rotatable bonds is 8. The molecule has 0 aliphatic rings. The molecule has 0 radical (unpaired) electrons. The molecule has 0 amide bonds. The Morgan fingerprint density at radius 1 is 1.32 bits per heavy atom. The zero-order chi connectivity index (χ0) is 14.3. The maximum Gasteiger partial charge on any atom is 0.147 e. The number of ether oxygens (including phenoxy) is 1. The van der Waals surface area contributed by atoms with Gasteiger partial charge in [-0.2, -0.15) is 0 Å². The van der Waals surface area contributed by atoms with Crippen LogP contribution in [0.25, 0.3) is 0 Å². The second-order valence-electron chi connectivity index (χ2n) is 4.84. The van der Waals surface area contributed by atoms with Gasteiger partial charge in [-0.1, -0.05) is 19.9 Å². The van der Waals surface area contributed by atoms with E-state index in [0.29, 0.717) is 12.5 Å². The molecule has 0 saturated carbocycles. The minimum atomic E-state index is 0.644. The minimum Gasteiger partial charge on any atom is -0.491 e. The quantitative estimate of drug-likeness (QED) is 0.502. The molecule has 0 spiro atoms. The Balaban J connectivity index is 2.64. The Morgan fingerprint density at radius 2 is 1.95 bits per heavy atom. The fraction of sp³-hybridized carbons (Fsp3) is 0.467. The van der Waals surface area contributed by atoms with Crippen LogP contribution >= 0.6 is 31.9 Å². The third-order valence-corrected chi connectivity index (χ3v) is 3.69. The van der Waals surface area contributed by atoms with Gasteiger partial charge in [0.25, 0.3) is 0 Å². The van der Waals surface area contributed by atoms with Gasteiger partial charge < -0.3 is 10.1 Å². The van der Waals surface area contributed by atoms with Crippen molar-refractivity contribution >= 4 is 31.9 Å². The fourth-order valence-electron chi connectivity index (χ4n) is 1.60. The van der Waals surface area contributed by atoms with E-state index in [4.69, 9.17) is 4.74 Å². The molecule has 1 rings (SSSR count). The molecule has 106 valence electrons. The highest BCUT2D eigenvalue weighted by atomic mass is 79.9. The first-order chi connectivity index (χ1) is 9.04. The van der Waals surface area contributed by atoms with Crippen LogP contribution in [0, 0.1) is 5.92 Å². The van der Waals surface area contributed by atoms with E-state index < -0.39 is 0 Å². The number of benzene rings is 1. The number of hydrogen-bond donors (Lipinski definition) is 1. The van der Waals surface area contributed by atoms with Gasteiger partial charge in [0.2, 0.25) is 0 Å². The first-order valence-electron chi connectivity index (χ1n) is 6.47. The van der Waals surface area contributed by atoms with Gasteiger partial charge in [0.1, 0.15) is 5.75 Å². The van der Waals surface area contributed by atoms with Crippen LogP contribution in [0.1, 0.15) is 25.8 Å². The molecule has 4 heteroatoms. The van der Waals surface area contributed by atoms with Gasteiger partial charge in [0.05, 0.1) is 15.6 Å². The third-order valence-electron chi connectivity index (χ3n) is 2.51. The SMILES string of the molecule is C=CCCOc1c(Br)cc(CNCC(C)C)cc1Br. The van der Waals surface area contributed by atoms with Crippen molar-refractivity contribution in [3.8, 4) is 5.75 Å².